The summed E-state index contributed by atoms with van der Waals surface area (Å²) < 4.78 is 0. The smallest absolute Gasteiger partial charge is 0.255 e. The topological polar surface area (TPSA) is 49.3 Å². The number of carbonyl (C=O) groups is 1. The number of hydrogen-bond donors (Lipinski definition) is 2. The number of amides is 1. The number of rotatable bonds is 5. The van der Waals surface area contributed by atoms with Crippen LogP contribution in [-0.2, 0) is 4.79 Å². The Hall–Kier alpha value is -1.77. The fourth-order valence-corrected chi connectivity index (χ4v) is 0.862. The van der Waals surface area contributed by atoms with Crippen LogP contribution in [0.3, 0.4) is 0 Å². The van der Waals surface area contributed by atoms with Crippen molar-refractivity contribution < 1.29 is 9.90 Å². The monoisotopic (exact) mass is 207 g/mol. The Bertz CT molecular complexity index is 325. The largest absolute Gasteiger partial charge is 0.510 e. The maximum atomic E-state index is 11.4. The molecule has 0 radical (unpaired) electrons. The van der Waals surface area contributed by atoms with Gasteiger partial charge in [0.1, 0.15) is 5.76 Å². The van der Waals surface area contributed by atoms with Crippen LogP contribution in [0.15, 0.2) is 48.4 Å². The molecule has 82 valence electrons. The molecule has 3 heteroatoms. The minimum atomic E-state index is -0.363. The first-order chi connectivity index (χ1) is 7.06. The average Bonchev–Trinajstić information content (AvgIpc) is 2.26. The van der Waals surface area contributed by atoms with E-state index in [1.165, 1.54) is 6.08 Å². The van der Waals surface area contributed by atoms with E-state index in [0.717, 1.165) is 0 Å². The Labute approximate surface area is 90.5 Å². The molecule has 0 aromatic heterocycles. The van der Waals surface area contributed by atoms with Gasteiger partial charge in [0.2, 0.25) is 0 Å². The lowest BCUT2D eigenvalue weighted by Crippen LogP contribution is -2.23. The highest BCUT2D eigenvalue weighted by atomic mass is 16.3. The minimum absolute atomic E-state index is 0.137. The van der Waals surface area contributed by atoms with E-state index in [0.29, 0.717) is 12.1 Å². The zero-order valence-electron chi connectivity index (χ0n) is 9.21. The van der Waals surface area contributed by atoms with E-state index in [1.54, 1.807) is 26.0 Å². The fourth-order valence-electron chi connectivity index (χ4n) is 0.862. The van der Waals surface area contributed by atoms with Gasteiger partial charge in [-0.15, -0.1) is 0 Å². The summed E-state index contributed by atoms with van der Waals surface area (Å²) in [5, 5.41) is 12.1. The molecule has 0 aliphatic rings. The summed E-state index contributed by atoms with van der Waals surface area (Å²) in [7, 11) is 0. The average molecular weight is 207 g/mol. The van der Waals surface area contributed by atoms with Gasteiger partial charge in [0.15, 0.2) is 0 Å². The second kappa shape index (κ2) is 6.65. The van der Waals surface area contributed by atoms with Gasteiger partial charge in [-0.2, -0.15) is 0 Å². The van der Waals surface area contributed by atoms with Crippen LogP contribution in [0.4, 0.5) is 0 Å². The van der Waals surface area contributed by atoms with E-state index in [4.69, 9.17) is 0 Å². The molecule has 0 saturated heterocycles. The molecule has 0 aromatic rings. The van der Waals surface area contributed by atoms with Crippen molar-refractivity contribution in [3.8, 4) is 0 Å². The molecule has 1 amide bonds. The van der Waals surface area contributed by atoms with Gasteiger partial charge in [0, 0.05) is 12.0 Å². The van der Waals surface area contributed by atoms with Crippen LogP contribution >= 0.6 is 0 Å². The molecule has 0 rings (SSSR count). The SMILES string of the molecule is C=CC(=C)C(=O)NC(/C=C\C)=C(\O)CC. The molecule has 0 aliphatic carbocycles. The highest BCUT2D eigenvalue weighted by Crippen LogP contribution is 2.05. The van der Waals surface area contributed by atoms with E-state index in [-0.39, 0.29) is 17.2 Å². The van der Waals surface area contributed by atoms with E-state index in [9.17, 15) is 9.90 Å². The number of hydrogen-bond acceptors (Lipinski definition) is 2. The Morgan fingerprint density at radius 1 is 1.53 bits per heavy atom. The molecule has 0 fully saturated rings. The quantitative estimate of drug-likeness (QED) is 0.413. The lowest BCUT2D eigenvalue weighted by atomic mass is 10.2. The van der Waals surface area contributed by atoms with Crippen molar-refractivity contribution in [1.82, 2.24) is 5.32 Å². The van der Waals surface area contributed by atoms with Gasteiger partial charge in [-0.3, -0.25) is 4.79 Å². The molecule has 0 aromatic carbocycles. The molecule has 0 atom stereocenters. The molecule has 0 saturated carbocycles. The van der Waals surface area contributed by atoms with Crippen LogP contribution in [0.2, 0.25) is 0 Å². The van der Waals surface area contributed by atoms with Crippen LogP contribution in [0, 0.1) is 0 Å². The molecule has 3 nitrogen and oxygen atoms in total. The van der Waals surface area contributed by atoms with Gasteiger partial charge in [-0.05, 0) is 13.0 Å². The number of aliphatic hydroxyl groups excluding tert-OH is 1. The number of carbonyl (C=O) groups excluding carboxylic acids is 1. The number of nitrogens with one attached hydrogen (secondary N) is 1. The van der Waals surface area contributed by atoms with Gasteiger partial charge in [0.05, 0.1) is 5.70 Å². The summed E-state index contributed by atoms with van der Waals surface area (Å²) in [5.41, 5.74) is 0.661. The van der Waals surface area contributed by atoms with E-state index >= 15 is 0 Å². The van der Waals surface area contributed by atoms with Gasteiger partial charge in [-0.25, -0.2) is 0 Å². The van der Waals surface area contributed by atoms with Crippen LogP contribution in [0.5, 0.6) is 0 Å². The first kappa shape index (κ1) is 13.2. The molecule has 0 bridgehead atoms. The molecule has 15 heavy (non-hydrogen) atoms. The Morgan fingerprint density at radius 3 is 2.53 bits per heavy atom. The van der Waals surface area contributed by atoms with Crippen LogP contribution in [0.1, 0.15) is 20.3 Å². The Balaban J connectivity index is 4.79. The second-order valence-corrected chi connectivity index (χ2v) is 2.90. The third kappa shape index (κ3) is 4.31. The summed E-state index contributed by atoms with van der Waals surface area (Å²) in [6.45, 7) is 10.6. The van der Waals surface area contributed by atoms with Crippen molar-refractivity contribution in [2.75, 3.05) is 0 Å². The molecule has 0 spiro atoms. The summed E-state index contributed by atoms with van der Waals surface area (Å²) in [5.74, 6) is -0.226. The standard InChI is InChI=1S/C12H17NO2/c1-5-8-10(11(14)7-3)13-12(15)9(4)6-2/h5-6,8,14H,2,4,7H2,1,3H3,(H,13,15)/b8-5-,11-10-. The number of aliphatic hydroxyl groups is 1. The Morgan fingerprint density at radius 2 is 2.13 bits per heavy atom. The van der Waals surface area contributed by atoms with Gasteiger partial charge in [0.25, 0.3) is 5.91 Å². The molecular formula is C12H17NO2. The van der Waals surface area contributed by atoms with Crippen molar-refractivity contribution in [3.63, 3.8) is 0 Å². The third-order valence-electron chi connectivity index (χ3n) is 1.77. The van der Waals surface area contributed by atoms with Gasteiger partial charge < -0.3 is 10.4 Å². The number of allylic oxidation sites excluding steroid dienone is 3. The van der Waals surface area contributed by atoms with Crippen molar-refractivity contribution in [1.29, 1.82) is 0 Å². The van der Waals surface area contributed by atoms with Crippen LogP contribution in [-0.4, -0.2) is 11.0 Å². The van der Waals surface area contributed by atoms with Gasteiger partial charge in [-0.1, -0.05) is 32.2 Å². The van der Waals surface area contributed by atoms with E-state index in [2.05, 4.69) is 18.5 Å². The normalized spacial score (nSPS) is 12.1. The molecule has 0 unspecified atom stereocenters. The summed E-state index contributed by atoms with van der Waals surface area (Å²) >= 11 is 0. The van der Waals surface area contributed by atoms with E-state index in [1.807, 2.05) is 0 Å². The predicted molar refractivity (Wildman–Crippen MR) is 62.2 cm³/mol. The van der Waals surface area contributed by atoms with Gasteiger partial charge >= 0.3 is 0 Å². The van der Waals surface area contributed by atoms with Crippen molar-refractivity contribution in [2.45, 2.75) is 20.3 Å². The third-order valence-corrected chi connectivity index (χ3v) is 1.77. The second-order valence-electron chi connectivity index (χ2n) is 2.90. The zero-order chi connectivity index (χ0) is 11.8. The van der Waals surface area contributed by atoms with Crippen molar-refractivity contribution in [2.24, 2.45) is 0 Å². The summed E-state index contributed by atoms with van der Waals surface area (Å²) in [4.78, 5) is 11.4. The van der Waals surface area contributed by atoms with E-state index < -0.39 is 0 Å². The first-order valence-electron chi connectivity index (χ1n) is 4.74. The highest BCUT2D eigenvalue weighted by molar-refractivity contribution is 5.96. The summed E-state index contributed by atoms with van der Waals surface area (Å²) in [6, 6.07) is 0. The van der Waals surface area contributed by atoms with Crippen molar-refractivity contribution in [3.05, 3.63) is 48.4 Å². The molecule has 0 aliphatic heterocycles. The summed E-state index contributed by atoms with van der Waals surface area (Å²) in [6.07, 6.45) is 5.19. The minimum Gasteiger partial charge on any atom is -0.510 e. The maximum absolute atomic E-state index is 11.4. The molecular weight excluding hydrogens is 190 g/mol. The van der Waals surface area contributed by atoms with Crippen LogP contribution in [0.25, 0.3) is 0 Å². The first-order valence-corrected chi connectivity index (χ1v) is 4.74. The van der Waals surface area contributed by atoms with Crippen LogP contribution < -0.4 is 5.32 Å². The predicted octanol–water partition coefficient (Wildman–Crippen LogP) is 2.60. The van der Waals surface area contributed by atoms with Crippen molar-refractivity contribution >= 4 is 5.91 Å². The Kier molecular flexibility index (Phi) is 5.86. The highest BCUT2D eigenvalue weighted by Gasteiger charge is 2.07. The molecule has 0 heterocycles. The zero-order valence-corrected chi connectivity index (χ0v) is 9.21. The maximum Gasteiger partial charge on any atom is 0.255 e. The lowest BCUT2D eigenvalue weighted by molar-refractivity contribution is -0.116. The lowest BCUT2D eigenvalue weighted by Gasteiger charge is -2.07. The molecule has 2 N–H and O–H groups in total. The fraction of sp³-hybridized carbons (Fsp3) is 0.250.